The first kappa shape index (κ1) is 34.5. The smallest absolute Gasteiger partial charge is 0.200 e. The number of phenols is 1. The SMILES string of the molecule is COc1ccc(C(=O)C2=C3OC(C)(C)[C@@H](CC=C(C)C)[C@H]4C[C@@H](CC=C(C)C)C(C)(C)[C@@](CC=C(C)C)(C2=O)C(=O)C34)cc1O. The molecule has 1 aromatic carbocycles. The van der Waals surface area contributed by atoms with Crippen LogP contribution in [0.5, 0.6) is 11.5 Å². The van der Waals surface area contributed by atoms with E-state index in [1.54, 1.807) is 6.07 Å². The molecular weight excluding hydrogens is 564 g/mol. The number of rotatable bonds is 9. The lowest BCUT2D eigenvalue weighted by Gasteiger charge is -2.53. The topological polar surface area (TPSA) is 89.9 Å². The molecule has 1 aliphatic heterocycles. The number of hydrogen-bond acceptors (Lipinski definition) is 6. The summed E-state index contributed by atoms with van der Waals surface area (Å²) in [4.78, 5) is 45.1. The highest BCUT2D eigenvalue weighted by atomic mass is 16.5. The van der Waals surface area contributed by atoms with Crippen molar-refractivity contribution in [2.75, 3.05) is 7.11 Å². The summed E-state index contributed by atoms with van der Waals surface area (Å²) in [5.74, 6) is -1.75. The number of ether oxygens (including phenoxy) is 2. The maximum absolute atomic E-state index is 15.3. The molecule has 5 atom stereocenters. The van der Waals surface area contributed by atoms with E-state index in [0.717, 1.165) is 24.8 Å². The van der Waals surface area contributed by atoms with Gasteiger partial charge in [-0.3, -0.25) is 14.4 Å². The van der Waals surface area contributed by atoms with E-state index in [9.17, 15) is 9.90 Å². The molecule has 1 saturated carbocycles. The van der Waals surface area contributed by atoms with E-state index in [1.165, 1.54) is 30.4 Å². The molecule has 1 saturated heterocycles. The number of hydrogen-bond donors (Lipinski definition) is 1. The number of benzene rings is 1. The molecule has 6 nitrogen and oxygen atoms in total. The predicted octanol–water partition coefficient (Wildman–Crippen LogP) is 8.75. The van der Waals surface area contributed by atoms with Crippen molar-refractivity contribution in [1.29, 1.82) is 0 Å². The molecule has 2 bridgehead atoms. The average molecular weight is 617 g/mol. The number of carbonyl (C=O) groups is 3. The van der Waals surface area contributed by atoms with Gasteiger partial charge in [0.15, 0.2) is 28.8 Å². The second-order valence-corrected chi connectivity index (χ2v) is 15.2. The summed E-state index contributed by atoms with van der Waals surface area (Å²) >= 11 is 0. The van der Waals surface area contributed by atoms with Gasteiger partial charge in [-0.15, -0.1) is 0 Å². The van der Waals surface area contributed by atoms with Crippen LogP contribution in [0.4, 0.5) is 0 Å². The molecule has 1 heterocycles. The lowest BCUT2D eigenvalue weighted by Crippen LogP contribution is -2.60. The van der Waals surface area contributed by atoms with E-state index in [4.69, 9.17) is 9.47 Å². The van der Waals surface area contributed by atoms with E-state index in [-0.39, 0.29) is 58.4 Å². The van der Waals surface area contributed by atoms with Gasteiger partial charge >= 0.3 is 0 Å². The second kappa shape index (κ2) is 12.4. The minimum atomic E-state index is -1.46. The zero-order chi connectivity index (χ0) is 33.6. The maximum atomic E-state index is 15.3. The molecule has 244 valence electrons. The molecule has 0 amide bonds. The Morgan fingerprint density at radius 3 is 2.11 bits per heavy atom. The Morgan fingerprint density at radius 2 is 1.56 bits per heavy atom. The molecule has 2 aliphatic carbocycles. The fraction of sp³-hybridized carbons (Fsp3) is 0.564. The fourth-order valence-corrected chi connectivity index (χ4v) is 8.06. The maximum Gasteiger partial charge on any atom is 0.200 e. The second-order valence-electron chi connectivity index (χ2n) is 15.2. The number of fused-ring (bicyclic) bond motifs is 1. The van der Waals surface area contributed by atoms with Crippen LogP contribution in [0, 0.1) is 34.5 Å². The largest absolute Gasteiger partial charge is 0.504 e. The summed E-state index contributed by atoms with van der Waals surface area (Å²) in [6, 6.07) is 4.40. The van der Waals surface area contributed by atoms with Crippen molar-refractivity contribution in [2.24, 2.45) is 34.5 Å². The predicted molar refractivity (Wildman–Crippen MR) is 178 cm³/mol. The highest BCUT2D eigenvalue weighted by Crippen LogP contribution is 2.64. The average Bonchev–Trinajstić information content (AvgIpc) is 2.98. The molecule has 6 heteroatoms. The van der Waals surface area contributed by atoms with Gasteiger partial charge in [0.1, 0.15) is 22.3 Å². The monoisotopic (exact) mass is 616 g/mol. The summed E-state index contributed by atoms with van der Waals surface area (Å²) in [5.41, 5.74) is 0.507. The van der Waals surface area contributed by atoms with Crippen LogP contribution in [0.25, 0.3) is 0 Å². The molecule has 0 radical (unpaired) electrons. The van der Waals surface area contributed by atoms with E-state index < -0.39 is 33.9 Å². The molecule has 1 aromatic rings. The van der Waals surface area contributed by atoms with Crippen molar-refractivity contribution in [3.8, 4) is 11.5 Å². The van der Waals surface area contributed by atoms with Crippen LogP contribution in [0.3, 0.4) is 0 Å². The van der Waals surface area contributed by atoms with Gasteiger partial charge < -0.3 is 14.6 Å². The molecule has 1 N–H and O–H groups in total. The van der Waals surface area contributed by atoms with Crippen molar-refractivity contribution in [2.45, 2.75) is 101 Å². The summed E-state index contributed by atoms with van der Waals surface area (Å²) < 4.78 is 12.0. The molecule has 45 heavy (non-hydrogen) atoms. The van der Waals surface area contributed by atoms with Crippen molar-refractivity contribution < 1.29 is 29.0 Å². The third kappa shape index (κ3) is 5.86. The van der Waals surface area contributed by atoms with Crippen LogP contribution in [0.2, 0.25) is 0 Å². The van der Waals surface area contributed by atoms with Gasteiger partial charge in [-0.1, -0.05) is 48.8 Å². The van der Waals surface area contributed by atoms with E-state index in [2.05, 4.69) is 53.7 Å². The molecule has 4 rings (SSSR count). The number of Topliss-reactive ketones (excluding diaryl/α,β-unsaturated/α-hetero) is 3. The van der Waals surface area contributed by atoms with Crippen molar-refractivity contribution in [1.82, 2.24) is 0 Å². The Kier molecular flexibility index (Phi) is 9.51. The number of methoxy groups -OCH3 is 1. The zero-order valence-corrected chi connectivity index (χ0v) is 29.1. The first-order chi connectivity index (χ1) is 20.9. The van der Waals surface area contributed by atoms with Gasteiger partial charge in [0.2, 0.25) is 0 Å². The van der Waals surface area contributed by atoms with Gasteiger partial charge in [0.25, 0.3) is 0 Å². The molecule has 0 aromatic heterocycles. The third-order valence-corrected chi connectivity index (χ3v) is 10.8. The van der Waals surface area contributed by atoms with Gasteiger partial charge in [0.05, 0.1) is 13.0 Å². The summed E-state index contributed by atoms with van der Waals surface area (Å²) in [6.07, 6.45) is 8.84. The number of ketones is 3. The Bertz CT molecular complexity index is 1500. The molecule has 3 aliphatic rings. The normalized spacial score (nSPS) is 28.0. The molecule has 0 spiro atoms. The Hall–Kier alpha value is -3.41. The molecule has 2 fully saturated rings. The van der Waals surface area contributed by atoms with Crippen LogP contribution >= 0.6 is 0 Å². The highest BCUT2D eigenvalue weighted by molar-refractivity contribution is 6.34. The Balaban J connectivity index is 2.09. The fourth-order valence-electron chi connectivity index (χ4n) is 8.06. The first-order valence-electron chi connectivity index (χ1n) is 16.2. The van der Waals surface area contributed by atoms with Crippen LogP contribution in [0.1, 0.15) is 105 Å². The minimum absolute atomic E-state index is 0.00435. The lowest BCUT2D eigenvalue weighted by atomic mass is 9.50. The van der Waals surface area contributed by atoms with Gasteiger partial charge in [-0.2, -0.15) is 0 Å². The van der Waals surface area contributed by atoms with Crippen LogP contribution in [-0.4, -0.2) is 35.2 Å². The Labute approximate surface area is 269 Å². The van der Waals surface area contributed by atoms with E-state index >= 15 is 9.59 Å². The minimum Gasteiger partial charge on any atom is -0.504 e. The number of allylic oxidation sites excluding steroid dienone is 8. The van der Waals surface area contributed by atoms with Crippen molar-refractivity contribution in [3.63, 3.8) is 0 Å². The Morgan fingerprint density at radius 1 is 0.956 bits per heavy atom. The highest BCUT2D eigenvalue weighted by Gasteiger charge is 2.70. The quantitative estimate of drug-likeness (QED) is 0.129. The zero-order valence-electron chi connectivity index (χ0n) is 29.1. The third-order valence-electron chi connectivity index (χ3n) is 10.8. The number of phenolic OH excluding ortho intramolecular Hbond substituents is 1. The molecular formula is C39H52O6. The van der Waals surface area contributed by atoms with Crippen molar-refractivity contribution in [3.05, 3.63) is 70.0 Å². The van der Waals surface area contributed by atoms with Gasteiger partial charge in [0, 0.05) is 11.5 Å². The van der Waals surface area contributed by atoms with Crippen LogP contribution in [0.15, 0.2) is 64.5 Å². The first-order valence-corrected chi connectivity index (χ1v) is 16.2. The van der Waals surface area contributed by atoms with Crippen LogP contribution < -0.4 is 4.74 Å². The summed E-state index contributed by atoms with van der Waals surface area (Å²) in [6.45, 7) is 20.4. The van der Waals surface area contributed by atoms with E-state index in [0.29, 0.717) is 0 Å². The number of aromatic hydroxyl groups is 1. The standard InChI is InChI=1S/C39H52O6/c1-22(2)12-15-26-21-27-28(16-13-23(3)4)38(9,10)45-34-31(27)35(42)39(37(26,7)8,19-18-24(5)6)36(43)32(34)33(41)25-14-17-30(44-11)29(40)20-25/h12-14,17-18,20,26-28,31,40H,15-16,19,21H2,1-11H3/t26-,27-,28+,31?,39-/m1/s1. The molecule has 1 unspecified atom stereocenters. The van der Waals surface area contributed by atoms with Crippen LogP contribution in [-0.2, 0) is 14.3 Å². The van der Waals surface area contributed by atoms with E-state index in [1.807, 2.05) is 33.8 Å². The lowest BCUT2D eigenvalue weighted by molar-refractivity contribution is -0.161. The summed E-state index contributed by atoms with van der Waals surface area (Å²) in [7, 11) is 1.44. The summed E-state index contributed by atoms with van der Waals surface area (Å²) in [5, 5.41) is 10.6. The van der Waals surface area contributed by atoms with Crippen molar-refractivity contribution >= 4 is 17.3 Å². The van der Waals surface area contributed by atoms with Gasteiger partial charge in [-0.05, 0) is 117 Å². The number of carbonyl (C=O) groups excluding carboxylic acids is 3. The van der Waals surface area contributed by atoms with Gasteiger partial charge in [-0.25, -0.2) is 0 Å².